The van der Waals surface area contributed by atoms with E-state index in [4.69, 9.17) is 10.3 Å². The van der Waals surface area contributed by atoms with Gasteiger partial charge in [0.25, 0.3) is 0 Å². The summed E-state index contributed by atoms with van der Waals surface area (Å²) in [6.45, 7) is 4.18. The molecule has 0 aliphatic rings. The fourth-order valence-corrected chi connectivity index (χ4v) is 2.82. The van der Waals surface area contributed by atoms with Crippen molar-refractivity contribution >= 4 is 17.2 Å². The number of nitrogen functional groups attached to an aromatic ring is 1. The molecule has 0 saturated heterocycles. The van der Waals surface area contributed by atoms with Crippen LogP contribution in [0.1, 0.15) is 11.1 Å². The Bertz CT molecular complexity index is 714. The number of nitrogens with zero attached hydrogens (tertiary/aromatic N) is 1. The third-order valence-electron chi connectivity index (χ3n) is 3.27. The van der Waals surface area contributed by atoms with Crippen LogP contribution < -0.4 is 5.73 Å². The van der Waals surface area contributed by atoms with Crippen LogP contribution in [0.25, 0.3) is 21.7 Å². The molecule has 3 nitrogen and oxygen atoms in total. The van der Waals surface area contributed by atoms with E-state index < -0.39 is 0 Å². The third-order valence-corrected chi connectivity index (χ3v) is 4.15. The lowest BCUT2D eigenvalue weighted by Gasteiger charge is -2.04. The van der Waals surface area contributed by atoms with Crippen molar-refractivity contribution in [3.05, 3.63) is 46.8 Å². The number of aryl methyl sites for hydroxylation is 2. The quantitative estimate of drug-likeness (QED) is 0.756. The lowest BCUT2D eigenvalue weighted by atomic mass is 10.0. The van der Waals surface area contributed by atoms with Crippen LogP contribution in [0.4, 0.5) is 5.88 Å². The molecule has 0 atom stereocenters. The van der Waals surface area contributed by atoms with Gasteiger partial charge in [0, 0.05) is 10.4 Å². The standard InChI is InChI=1S/C15H14N2OS/c1-9-5-6-11(8-10(9)2)14-13(15(16)18-17-14)12-4-3-7-19-12/h3-8H,16H2,1-2H3. The molecule has 3 rings (SSSR count). The van der Waals surface area contributed by atoms with E-state index in [1.54, 1.807) is 11.3 Å². The van der Waals surface area contributed by atoms with Gasteiger partial charge in [-0.2, -0.15) is 0 Å². The summed E-state index contributed by atoms with van der Waals surface area (Å²) in [5, 5.41) is 6.14. The number of nitrogens with two attached hydrogens (primary N) is 1. The van der Waals surface area contributed by atoms with Crippen molar-refractivity contribution in [2.24, 2.45) is 0 Å². The maximum atomic E-state index is 5.92. The Balaban J connectivity index is 2.18. The number of benzene rings is 1. The molecule has 2 N–H and O–H groups in total. The Morgan fingerprint density at radius 2 is 2.00 bits per heavy atom. The highest BCUT2D eigenvalue weighted by molar-refractivity contribution is 7.13. The molecule has 0 unspecified atom stereocenters. The Hall–Kier alpha value is -2.07. The highest BCUT2D eigenvalue weighted by atomic mass is 32.1. The predicted molar refractivity (Wildman–Crippen MR) is 79.1 cm³/mol. The summed E-state index contributed by atoms with van der Waals surface area (Å²) >= 11 is 1.63. The summed E-state index contributed by atoms with van der Waals surface area (Å²) < 4.78 is 5.18. The second-order valence-corrected chi connectivity index (χ2v) is 5.49. The van der Waals surface area contributed by atoms with E-state index in [0.717, 1.165) is 21.7 Å². The molecular weight excluding hydrogens is 256 g/mol. The van der Waals surface area contributed by atoms with Crippen LogP contribution in [-0.4, -0.2) is 5.16 Å². The number of anilines is 1. The summed E-state index contributed by atoms with van der Waals surface area (Å²) in [5.74, 6) is 0.371. The van der Waals surface area contributed by atoms with E-state index in [2.05, 4.69) is 37.2 Å². The van der Waals surface area contributed by atoms with Crippen molar-refractivity contribution in [2.75, 3.05) is 5.73 Å². The second-order valence-electron chi connectivity index (χ2n) is 4.55. The molecule has 0 amide bonds. The normalized spacial score (nSPS) is 10.8. The zero-order valence-corrected chi connectivity index (χ0v) is 11.6. The Morgan fingerprint density at radius 3 is 2.68 bits per heavy atom. The molecule has 19 heavy (non-hydrogen) atoms. The van der Waals surface area contributed by atoms with Crippen molar-refractivity contribution in [1.29, 1.82) is 0 Å². The van der Waals surface area contributed by atoms with Crippen LogP contribution in [-0.2, 0) is 0 Å². The van der Waals surface area contributed by atoms with Gasteiger partial charge in [0.15, 0.2) is 0 Å². The van der Waals surface area contributed by atoms with E-state index >= 15 is 0 Å². The van der Waals surface area contributed by atoms with Gasteiger partial charge >= 0.3 is 0 Å². The highest BCUT2D eigenvalue weighted by Gasteiger charge is 2.18. The minimum Gasteiger partial charge on any atom is -0.367 e. The van der Waals surface area contributed by atoms with Crippen molar-refractivity contribution in [3.8, 4) is 21.7 Å². The first kappa shape index (κ1) is 12.0. The largest absolute Gasteiger partial charge is 0.367 e. The van der Waals surface area contributed by atoms with Crippen LogP contribution in [0, 0.1) is 13.8 Å². The van der Waals surface area contributed by atoms with Gasteiger partial charge in [0.05, 0.1) is 5.56 Å². The van der Waals surface area contributed by atoms with Crippen LogP contribution in [0.2, 0.25) is 0 Å². The molecule has 0 saturated carbocycles. The fourth-order valence-electron chi connectivity index (χ4n) is 2.05. The molecule has 1 aromatic carbocycles. The number of rotatable bonds is 2. The number of aromatic nitrogens is 1. The first-order chi connectivity index (χ1) is 9.16. The topological polar surface area (TPSA) is 52.0 Å². The first-order valence-corrected chi connectivity index (χ1v) is 6.91. The Kier molecular flexibility index (Phi) is 2.87. The molecule has 2 heterocycles. The summed E-state index contributed by atoms with van der Waals surface area (Å²) in [7, 11) is 0. The van der Waals surface area contributed by atoms with Crippen molar-refractivity contribution < 1.29 is 4.52 Å². The highest BCUT2D eigenvalue weighted by Crippen LogP contribution is 2.38. The molecule has 3 aromatic rings. The van der Waals surface area contributed by atoms with E-state index in [-0.39, 0.29) is 0 Å². The molecule has 2 aromatic heterocycles. The fraction of sp³-hybridized carbons (Fsp3) is 0.133. The van der Waals surface area contributed by atoms with Crippen LogP contribution in [0.3, 0.4) is 0 Å². The third kappa shape index (κ3) is 2.04. The van der Waals surface area contributed by atoms with Gasteiger partial charge in [0.2, 0.25) is 5.88 Å². The lowest BCUT2D eigenvalue weighted by Crippen LogP contribution is -1.87. The monoisotopic (exact) mass is 270 g/mol. The number of hydrogen-bond donors (Lipinski definition) is 1. The summed E-state index contributed by atoms with van der Waals surface area (Å²) in [6, 6.07) is 10.3. The lowest BCUT2D eigenvalue weighted by molar-refractivity contribution is 0.439. The van der Waals surface area contributed by atoms with Gasteiger partial charge < -0.3 is 10.3 Å². The Labute approximate surface area is 115 Å². The zero-order chi connectivity index (χ0) is 13.4. The van der Waals surface area contributed by atoms with E-state index in [1.165, 1.54) is 11.1 Å². The maximum absolute atomic E-state index is 5.92. The molecule has 0 bridgehead atoms. The van der Waals surface area contributed by atoms with Crippen molar-refractivity contribution in [2.45, 2.75) is 13.8 Å². The van der Waals surface area contributed by atoms with Gasteiger partial charge in [-0.1, -0.05) is 23.4 Å². The molecular formula is C15H14N2OS. The summed E-state index contributed by atoms with van der Waals surface area (Å²) in [5.41, 5.74) is 11.1. The van der Waals surface area contributed by atoms with E-state index in [1.807, 2.05) is 17.5 Å². The molecule has 4 heteroatoms. The molecule has 0 fully saturated rings. The maximum Gasteiger partial charge on any atom is 0.231 e. The molecule has 0 radical (unpaired) electrons. The first-order valence-electron chi connectivity index (χ1n) is 6.03. The van der Waals surface area contributed by atoms with Crippen molar-refractivity contribution in [1.82, 2.24) is 5.16 Å². The van der Waals surface area contributed by atoms with Gasteiger partial charge in [0.1, 0.15) is 5.69 Å². The number of thiophene rings is 1. The van der Waals surface area contributed by atoms with Crippen LogP contribution >= 0.6 is 11.3 Å². The minimum absolute atomic E-state index is 0.371. The SMILES string of the molecule is Cc1ccc(-c2noc(N)c2-c2cccs2)cc1C. The Morgan fingerprint density at radius 1 is 1.16 bits per heavy atom. The van der Waals surface area contributed by atoms with Gasteiger partial charge in [-0.05, 0) is 42.5 Å². The second kappa shape index (κ2) is 4.55. The van der Waals surface area contributed by atoms with Crippen molar-refractivity contribution in [3.63, 3.8) is 0 Å². The number of hydrogen-bond acceptors (Lipinski definition) is 4. The molecule has 0 aliphatic carbocycles. The van der Waals surface area contributed by atoms with Gasteiger partial charge in [-0.3, -0.25) is 0 Å². The molecule has 0 spiro atoms. The van der Waals surface area contributed by atoms with Crippen LogP contribution in [0.15, 0.2) is 40.2 Å². The summed E-state index contributed by atoms with van der Waals surface area (Å²) in [6.07, 6.45) is 0. The summed E-state index contributed by atoms with van der Waals surface area (Å²) in [4.78, 5) is 1.08. The minimum atomic E-state index is 0.371. The predicted octanol–water partition coefficient (Wildman–Crippen LogP) is 4.27. The van der Waals surface area contributed by atoms with E-state index in [9.17, 15) is 0 Å². The molecule has 0 aliphatic heterocycles. The average molecular weight is 270 g/mol. The van der Waals surface area contributed by atoms with Gasteiger partial charge in [-0.25, -0.2) is 0 Å². The zero-order valence-electron chi connectivity index (χ0n) is 10.8. The van der Waals surface area contributed by atoms with Crippen LogP contribution in [0.5, 0.6) is 0 Å². The van der Waals surface area contributed by atoms with E-state index in [0.29, 0.717) is 5.88 Å². The van der Waals surface area contributed by atoms with Gasteiger partial charge in [-0.15, -0.1) is 11.3 Å². The smallest absolute Gasteiger partial charge is 0.231 e. The molecule has 96 valence electrons. The average Bonchev–Trinajstić information content (AvgIpc) is 3.01.